The van der Waals surface area contributed by atoms with Crippen molar-refractivity contribution in [2.24, 2.45) is 5.10 Å². The number of hydrazone groups is 1. The Bertz CT molecular complexity index is 762. The van der Waals surface area contributed by atoms with Crippen LogP contribution in [0.4, 0.5) is 5.69 Å². The molecule has 132 valence electrons. The van der Waals surface area contributed by atoms with Gasteiger partial charge in [-0.2, -0.15) is 0 Å². The smallest absolute Gasteiger partial charge is 0.318 e. The van der Waals surface area contributed by atoms with Crippen LogP contribution in [-0.2, 0) is 23.9 Å². The van der Waals surface area contributed by atoms with Crippen LogP contribution < -0.4 is 10.7 Å². The average Bonchev–Trinajstić information content (AvgIpc) is 2.52. The summed E-state index contributed by atoms with van der Waals surface area (Å²) in [5, 5.41) is 6.04. The highest BCUT2D eigenvalue weighted by Gasteiger charge is 2.34. The van der Waals surface area contributed by atoms with Crippen LogP contribution in [0.5, 0.6) is 0 Å². The third-order valence-electron chi connectivity index (χ3n) is 3.40. The second kappa shape index (κ2) is 6.75. The van der Waals surface area contributed by atoms with Gasteiger partial charge in [0.1, 0.15) is 6.42 Å². The fourth-order valence-electron chi connectivity index (χ4n) is 2.40. The number of anilines is 1. The fraction of sp³-hybridized carbons (Fsp3) is 0.375. The predicted molar refractivity (Wildman–Crippen MR) is 90.8 cm³/mol. The number of cyclic esters (lactones) is 1. The summed E-state index contributed by atoms with van der Waals surface area (Å²) in [6.45, 7) is 3.14. The molecule has 2 N–H and O–H groups in total. The number of esters is 1. The lowest BCUT2D eigenvalue weighted by Crippen LogP contribution is -2.41. The summed E-state index contributed by atoms with van der Waals surface area (Å²) in [5.41, 5.74) is 3.07. The number of nitrogens with zero attached hydrogens (tertiary/aromatic N) is 1. The number of hydrogen-bond donors (Lipinski definition) is 2. The lowest BCUT2D eigenvalue weighted by molar-refractivity contribution is -0.199. The second-order valence-electron chi connectivity index (χ2n) is 5.99. The molecule has 9 heteroatoms. The first-order valence-corrected chi connectivity index (χ1v) is 8.53. The van der Waals surface area contributed by atoms with E-state index in [9.17, 15) is 14.4 Å². The topological polar surface area (TPSA) is 106 Å². The third kappa shape index (κ3) is 4.30. The minimum Gasteiger partial charge on any atom is -0.437 e. The van der Waals surface area contributed by atoms with Gasteiger partial charge in [-0.25, -0.2) is 5.43 Å². The number of para-hydroxylation sites is 1. The van der Waals surface area contributed by atoms with Gasteiger partial charge in [0.2, 0.25) is 23.5 Å². The van der Waals surface area contributed by atoms with Crippen LogP contribution in [-0.4, -0.2) is 34.7 Å². The van der Waals surface area contributed by atoms with E-state index in [4.69, 9.17) is 9.47 Å². The largest absolute Gasteiger partial charge is 0.437 e. The van der Waals surface area contributed by atoms with Gasteiger partial charge in [0, 0.05) is 25.2 Å². The lowest BCUT2D eigenvalue weighted by atomic mass is 10.2. The first-order valence-electron chi connectivity index (χ1n) is 7.65. The summed E-state index contributed by atoms with van der Waals surface area (Å²) in [7, 11) is 0. The molecule has 2 aliphatic rings. The maximum absolute atomic E-state index is 12.1. The molecule has 1 unspecified atom stereocenters. The lowest BCUT2D eigenvalue weighted by Gasteiger charge is -2.30. The van der Waals surface area contributed by atoms with Crippen LogP contribution >= 0.6 is 11.8 Å². The van der Waals surface area contributed by atoms with Crippen molar-refractivity contribution in [3.8, 4) is 0 Å². The van der Waals surface area contributed by atoms with Gasteiger partial charge in [-0.05, 0) is 12.1 Å². The van der Waals surface area contributed by atoms with Gasteiger partial charge in [-0.3, -0.25) is 14.4 Å². The molecule has 2 amide bonds. The van der Waals surface area contributed by atoms with Gasteiger partial charge < -0.3 is 14.8 Å². The molecular formula is C16H17N3O5S. The van der Waals surface area contributed by atoms with E-state index in [1.807, 2.05) is 24.3 Å². The number of carbonyl (C=O) groups excluding carboxylic acids is 3. The summed E-state index contributed by atoms with van der Waals surface area (Å²) >= 11 is 1.33. The van der Waals surface area contributed by atoms with E-state index in [2.05, 4.69) is 15.8 Å². The molecule has 1 aromatic rings. The van der Waals surface area contributed by atoms with Crippen molar-refractivity contribution < 1.29 is 23.9 Å². The number of amides is 2. The standard InChI is InChI=1S/C16H17N3O5S/c1-16(2)23-13(8-14(21)24-16)19-18-12(20)7-11-15(22)17-9-5-3-4-6-10(9)25-11/h3-6,11H,7-8H2,1-2H3,(H,17,22)(H,18,20)/b19-13-. The Morgan fingerprint density at radius 1 is 1.36 bits per heavy atom. The van der Waals surface area contributed by atoms with Crippen LogP contribution in [0.3, 0.4) is 0 Å². The van der Waals surface area contributed by atoms with E-state index < -0.39 is 22.9 Å². The van der Waals surface area contributed by atoms with Crippen molar-refractivity contribution in [1.29, 1.82) is 0 Å². The molecule has 0 aliphatic carbocycles. The number of ether oxygens (including phenoxy) is 2. The number of thioether (sulfide) groups is 1. The van der Waals surface area contributed by atoms with Gasteiger partial charge >= 0.3 is 5.97 Å². The van der Waals surface area contributed by atoms with Crippen molar-refractivity contribution in [3.63, 3.8) is 0 Å². The van der Waals surface area contributed by atoms with Gasteiger partial charge in [0.15, 0.2) is 0 Å². The van der Waals surface area contributed by atoms with Gasteiger partial charge in [-0.15, -0.1) is 16.9 Å². The molecule has 0 aromatic heterocycles. The Morgan fingerprint density at radius 2 is 2.12 bits per heavy atom. The van der Waals surface area contributed by atoms with Gasteiger partial charge in [-0.1, -0.05) is 12.1 Å². The van der Waals surface area contributed by atoms with Crippen LogP contribution in [0.15, 0.2) is 34.3 Å². The molecule has 1 saturated heterocycles. The Kier molecular flexibility index (Phi) is 4.67. The minimum absolute atomic E-state index is 0.0462. The molecule has 1 fully saturated rings. The molecule has 2 aliphatic heterocycles. The maximum atomic E-state index is 12.1. The van der Waals surface area contributed by atoms with Gasteiger partial charge in [0.05, 0.1) is 10.9 Å². The number of rotatable bonds is 3. The zero-order valence-electron chi connectivity index (χ0n) is 13.7. The minimum atomic E-state index is -1.12. The van der Waals surface area contributed by atoms with E-state index in [1.165, 1.54) is 11.8 Å². The second-order valence-corrected chi connectivity index (χ2v) is 7.23. The molecule has 0 spiro atoms. The summed E-state index contributed by atoms with van der Waals surface area (Å²) < 4.78 is 10.3. The monoisotopic (exact) mass is 363 g/mol. The first kappa shape index (κ1) is 17.3. The van der Waals surface area contributed by atoms with E-state index in [1.54, 1.807) is 13.8 Å². The maximum Gasteiger partial charge on any atom is 0.318 e. The van der Waals surface area contributed by atoms with E-state index >= 15 is 0 Å². The summed E-state index contributed by atoms with van der Waals surface area (Å²) in [5.74, 6) is -2.21. The quantitative estimate of drug-likeness (QED) is 0.624. The highest BCUT2D eigenvalue weighted by Crippen LogP contribution is 2.36. The SMILES string of the molecule is CC1(C)OC(=O)C/C(=N/NC(=O)CC2Sc3ccccc3NC2=O)O1. The molecule has 8 nitrogen and oxygen atoms in total. The van der Waals surface area contributed by atoms with E-state index in [0.29, 0.717) is 0 Å². The number of hydrogen-bond acceptors (Lipinski definition) is 7. The number of fused-ring (bicyclic) bond motifs is 1. The normalized spacial score (nSPS) is 23.1. The highest BCUT2D eigenvalue weighted by atomic mass is 32.2. The van der Waals surface area contributed by atoms with Crippen LogP contribution in [0.1, 0.15) is 26.7 Å². The Morgan fingerprint density at radius 3 is 2.88 bits per heavy atom. The molecule has 25 heavy (non-hydrogen) atoms. The number of benzene rings is 1. The molecule has 1 atom stereocenters. The first-order chi connectivity index (χ1) is 11.8. The van der Waals surface area contributed by atoms with Crippen molar-refractivity contribution in [1.82, 2.24) is 5.43 Å². The molecule has 0 radical (unpaired) electrons. The Balaban J connectivity index is 1.59. The molecule has 2 heterocycles. The Hall–Kier alpha value is -2.55. The third-order valence-corrected chi connectivity index (χ3v) is 4.68. The van der Waals surface area contributed by atoms with Crippen LogP contribution in [0, 0.1) is 0 Å². The van der Waals surface area contributed by atoms with Gasteiger partial charge in [0.25, 0.3) is 0 Å². The molecule has 3 rings (SSSR count). The number of carbonyl (C=O) groups is 3. The zero-order valence-corrected chi connectivity index (χ0v) is 14.5. The molecule has 0 saturated carbocycles. The summed E-state index contributed by atoms with van der Waals surface area (Å²) in [6.07, 6.45) is -0.203. The molecule has 0 bridgehead atoms. The van der Waals surface area contributed by atoms with Crippen molar-refractivity contribution in [2.75, 3.05) is 5.32 Å². The summed E-state index contributed by atoms with van der Waals surface area (Å²) in [6, 6.07) is 7.39. The average molecular weight is 363 g/mol. The van der Waals surface area contributed by atoms with Crippen molar-refractivity contribution in [3.05, 3.63) is 24.3 Å². The van der Waals surface area contributed by atoms with Crippen LogP contribution in [0.2, 0.25) is 0 Å². The summed E-state index contributed by atoms with van der Waals surface area (Å²) in [4.78, 5) is 36.5. The van der Waals surface area contributed by atoms with E-state index in [0.717, 1.165) is 10.6 Å². The molecular weight excluding hydrogens is 346 g/mol. The van der Waals surface area contributed by atoms with Crippen molar-refractivity contribution >= 4 is 41.1 Å². The Labute approximate surface area is 148 Å². The highest BCUT2D eigenvalue weighted by molar-refractivity contribution is 8.01. The predicted octanol–water partition coefficient (Wildman–Crippen LogP) is 1.62. The zero-order chi connectivity index (χ0) is 18.0. The van der Waals surface area contributed by atoms with E-state index in [-0.39, 0.29) is 24.6 Å². The molecule has 1 aromatic carbocycles. The fourth-order valence-corrected chi connectivity index (χ4v) is 3.51. The van der Waals surface area contributed by atoms with Crippen LogP contribution in [0.25, 0.3) is 0 Å². The number of nitrogens with one attached hydrogen (secondary N) is 2. The van der Waals surface area contributed by atoms with Crippen molar-refractivity contribution in [2.45, 2.75) is 42.6 Å².